The second-order valence-corrected chi connectivity index (χ2v) is 4.08. The third-order valence-corrected chi connectivity index (χ3v) is 2.68. The summed E-state index contributed by atoms with van der Waals surface area (Å²) in [5.74, 6) is 0. The predicted molar refractivity (Wildman–Crippen MR) is 63.6 cm³/mol. The van der Waals surface area contributed by atoms with Crippen molar-refractivity contribution >= 4 is 0 Å². The molecule has 15 heavy (non-hydrogen) atoms. The molecule has 0 fully saturated rings. The summed E-state index contributed by atoms with van der Waals surface area (Å²) < 4.78 is 2.04. The number of rotatable bonds is 7. The Kier molecular flexibility index (Phi) is 5.40. The maximum absolute atomic E-state index is 6.15. The molecule has 1 aromatic rings. The van der Waals surface area contributed by atoms with E-state index in [2.05, 4.69) is 18.9 Å². The van der Waals surface area contributed by atoms with Gasteiger partial charge >= 0.3 is 0 Å². The van der Waals surface area contributed by atoms with Gasteiger partial charge in [0.05, 0.1) is 5.69 Å². The van der Waals surface area contributed by atoms with Crippen LogP contribution in [0.15, 0.2) is 12.3 Å². The number of hydrogen-bond donors (Lipinski definition) is 1. The van der Waals surface area contributed by atoms with E-state index in [1.54, 1.807) is 0 Å². The number of unbranched alkanes of at least 4 members (excludes halogenated alkanes) is 2. The number of hydrogen-bond acceptors (Lipinski definition) is 2. The summed E-state index contributed by atoms with van der Waals surface area (Å²) in [5.41, 5.74) is 7.34. The topological polar surface area (TPSA) is 43.8 Å². The highest BCUT2D eigenvalue weighted by Gasteiger charge is 2.10. The Labute approximate surface area is 92.7 Å². The second-order valence-electron chi connectivity index (χ2n) is 4.08. The van der Waals surface area contributed by atoms with Crippen LogP contribution >= 0.6 is 0 Å². The van der Waals surface area contributed by atoms with Gasteiger partial charge in [-0.15, -0.1) is 0 Å². The molecule has 86 valence electrons. The molecule has 0 aliphatic carbocycles. The largest absolute Gasteiger partial charge is 0.323 e. The molecular formula is C12H23N3. The van der Waals surface area contributed by atoms with Gasteiger partial charge in [-0.3, -0.25) is 4.68 Å². The summed E-state index contributed by atoms with van der Waals surface area (Å²) in [7, 11) is 0. The van der Waals surface area contributed by atoms with E-state index in [0.717, 1.165) is 19.4 Å². The number of nitrogens with zero attached hydrogens (tertiary/aromatic N) is 2. The molecule has 0 radical (unpaired) electrons. The Bertz CT molecular complexity index is 268. The molecule has 3 heteroatoms. The highest BCUT2D eigenvalue weighted by Crippen LogP contribution is 2.17. The summed E-state index contributed by atoms with van der Waals surface area (Å²) in [6, 6.07) is 2.21. The molecule has 0 spiro atoms. The Hall–Kier alpha value is -0.830. The zero-order chi connectivity index (χ0) is 11.1. The summed E-state index contributed by atoms with van der Waals surface area (Å²) in [4.78, 5) is 0. The average Bonchev–Trinajstić information content (AvgIpc) is 2.67. The molecule has 1 aromatic heterocycles. The minimum atomic E-state index is 0.158. The maximum atomic E-state index is 6.15. The van der Waals surface area contributed by atoms with Crippen molar-refractivity contribution in [3.8, 4) is 0 Å². The molecule has 1 unspecified atom stereocenters. The third kappa shape index (κ3) is 3.67. The van der Waals surface area contributed by atoms with Crippen molar-refractivity contribution in [2.45, 2.75) is 58.5 Å². The van der Waals surface area contributed by atoms with Crippen LogP contribution in [0.1, 0.15) is 57.7 Å². The van der Waals surface area contributed by atoms with Gasteiger partial charge in [0.2, 0.25) is 0 Å². The standard InChI is InChI=1S/C12H23N3/c1-3-5-6-7-11(13)12-8-9-14-15(12)10-4-2/h8-9,11H,3-7,10,13H2,1-2H3. The lowest BCUT2D eigenvalue weighted by atomic mass is 10.1. The van der Waals surface area contributed by atoms with Crippen LogP contribution in [0.3, 0.4) is 0 Å². The summed E-state index contributed by atoms with van der Waals surface area (Å²) in [5, 5.41) is 4.29. The van der Waals surface area contributed by atoms with Crippen LogP contribution in [0.2, 0.25) is 0 Å². The zero-order valence-corrected chi connectivity index (χ0v) is 9.95. The van der Waals surface area contributed by atoms with E-state index in [9.17, 15) is 0 Å². The summed E-state index contributed by atoms with van der Waals surface area (Å²) in [6.45, 7) is 5.35. The molecule has 1 heterocycles. The van der Waals surface area contributed by atoms with Crippen molar-refractivity contribution in [1.29, 1.82) is 0 Å². The van der Waals surface area contributed by atoms with E-state index >= 15 is 0 Å². The first-order chi connectivity index (χ1) is 7.29. The molecule has 0 saturated carbocycles. The first-order valence-electron chi connectivity index (χ1n) is 6.06. The van der Waals surface area contributed by atoms with E-state index in [1.807, 2.05) is 16.9 Å². The smallest absolute Gasteiger partial charge is 0.0551 e. The van der Waals surface area contributed by atoms with Crippen LogP contribution in [0.4, 0.5) is 0 Å². The van der Waals surface area contributed by atoms with Crippen LogP contribution < -0.4 is 5.73 Å². The van der Waals surface area contributed by atoms with E-state index in [-0.39, 0.29) is 6.04 Å². The number of aryl methyl sites for hydroxylation is 1. The van der Waals surface area contributed by atoms with Gasteiger partial charge in [0.25, 0.3) is 0 Å². The molecule has 0 bridgehead atoms. The highest BCUT2D eigenvalue weighted by molar-refractivity contribution is 5.06. The summed E-state index contributed by atoms with van der Waals surface area (Å²) >= 11 is 0. The van der Waals surface area contributed by atoms with Gasteiger partial charge in [-0.1, -0.05) is 33.1 Å². The van der Waals surface area contributed by atoms with E-state index < -0.39 is 0 Å². The lowest BCUT2D eigenvalue weighted by Crippen LogP contribution is -2.16. The van der Waals surface area contributed by atoms with E-state index in [0.29, 0.717) is 0 Å². The fourth-order valence-electron chi connectivity index (χ4n) is 1.82. The van der Waals surface area contributed by atoms with Crippen molar-refractivity contribution in [3.63, 3.8) is 0 Å². The summed E-state index contributed by atoms with van der Waals surface area (Å²) in [6.07, 6.45) is 7.77. The lowest BCUT2D eigenvalue weighted by Gasteiger charge is -2.13. The maximum Gasteiger partial charge on any atom is 0.0551 e. The van der Waals surface area contributed by atoms with Gasteiger partial charge < -0.3 is 5.73 Å². The van der Waals surface area contributed by atoms with Crippen LogP contribution in [0.5, 0.6) is 0 Å². The monoisotopic (exact) mass is 209 g/mol. The minimum Gasteiger partial charge on any atom is -0.323 e. The Morgan fingerprint density at radius 2 is 2.13 bits per heavy atom. The lowest BCUT2D eigenvalue weighted by molar-refractivity contribution is 0.505. The molecule has 0 aliphatic heterocycles. The van der Waals surface area contributed by atoms with Crippen LogP contribution in [0.25, 0.3) is 0 Å². The molecule has 0 saturated heterocycles. The molecule has 2 N–H and O–H groups in total. The van der Waals surface area contributed by atoms with Gasteiger partial charge in [-0.2, -0.15) is 5.10 Å². The highest BCUT2D eigenvalue weighted by atomic mass is 15.3. The van der Waals surface area contributed by atoms with Crippen molar-refractivity contribution in [2.75, 3.05) is 0 Å². The van der Waals surface area contributed by atoms with Gasteiger partial charge in [0.1, 0.15) is 0 Å². The van der Waals surface area contributed by atoms with Gasteiger partial charge in [0.15, 0.2) is 0 Å². The first kappa shape index (κ1) is 12.2. The van der Waals surface area contributed by atoms with Crippen LogP contribution in [-0.4, -0.2) is 9.78 Å². The molecular weight excluding hydrogens is 186 g/mol. The molecule has 1 atom stereocenters. The average molecular weight is 209 g/mol. The third-order valence-electron chi connectivity index (χ3n) is 2.68. The molecule has 0 aromatic carbocycles. The Balaban J connectivity index is 2.48. The van der Waals surface area contributed by atoms with Crippen molar-refractivity contribution in [1.82, 2.24) is 9.78 Å². The normalized spacial score (nSPS) is 13.0. The van der Waals surface area contributed by atoms with Crippen molar-refractivity contribution in [2.24, 2.45) is 5.73 Å². The molecule has 0 amide bonds. The minimum absolute atomic E-state index is 0.158. The SMILES string of the molecule is CCCCCC(N)c1ccnn1CCC. The first-order valence-corrected chi connectivity index (χ1v) is 6.06. The zero-order valence-electron chi connectivity index (χ0n) is 9.95. The number of aromatic nitrogens is 2. The number of nitrogens with two attached hydrogens (primary N) is 1. The van der Waals surface area contributed by atoms with Gasteiger partial charge in [-0.25, -0.2) is 0 Å². The Morgan fingerprint density at radius 1 is 1.33 bits per heavy atom. The van der Waals surface area contributed by atoms with E-state index in [4.69, 9.17) is 5.73 Å². The fraction of sp³-hybridized carbons (Fsp3) is 0.750. The molecule has 0 aliphatic rings. The second kappa shape index (κ2) is 6.62. The molecule has 1 rings (SSSR count). The fourth-order valence-corrected chi connectivity index (χ4v) is 1.82. The van der Waals surface area contributed by atoms with Crippen molar-refractivity contribution < 1.29 is 0 Å². The Morgan fingerprint density at radius 3 is 2.80 bits per heavy atom. The molecule has 3 nitrogen and oxygen atoms in total. The van der Waals surface area contributed by atoms with Crippen LogP contribution in [0, 0.1) is 0 Å². The van der Waals surface area contributed by atoms with E-state index in [1.165, 1.54) is 25.0 Å². The van der Waals surface area contributed by atoms with Gasteiger partial charge in [-0.05, 0) is 18.9 Å². The van der Waals surface area contributed by atoms with Crippen LogP contribution in [-0.2, 0) is 6.54 Å². The van der Waals surface area contributed by atoms with Crippen molar-refractivity contribution in [3.05, 3.63) is 18.0 Å². The van der Waals surface area contributed by atoms with Gasteiger partial charge in [0, 0.05) is 18.8 Å². The predicted octanol–water partition coefficient (Wildman–Crippen LogP) is 2.87. The quantitative estimate of drug-likeness (QED) is 0.702.